The molecule has 1 N–H and O–H groups in total. The fraction of sp³-hybridized carbons (Fsp3) is 0.708. The van der Waals surface area contributed by atoms with Crippen LogP contribution in [0.25, 0.3) is 0 Å². The van der Waals surface area contributed by atoms with Crippen molar-refractivity contribution in [2.45, 2.75) is 69.2 Å². The summed E-state index contributed by atoms with van der Waals surface area (Å²) < 4.78 is 33.9. The van der Waals surface area contributed by atoms with Gasteiger partial charge in [-0.15, -0.1) is 0 Å². The summed E-state index contributed by atoms with van der Waals surface area (Å²) in [5.41, 5.74) is 0.441. The molecule has 3 rings (SSSR count). The van der Waals surface area contributed by atoms with Crippen LogP contribution in [0, 0.1) is 0 Å². The Kier molecular flexibility index (Phi) is 9.96. The number of ether oxygens (including phenoxy) is 1. The van der Waals surface area contributed by atoms with E-state index in [1.165, 1.54) is 6.07 Å². The van der Waals surface area contributed by atoms with Gasteiger partial charge >= 0.3 is 0 Å². The molecule has 0 bridgehead atoms. The number of rotatable bonds is 12. The van der Waals surface area contributed by atoms with E-state index in [2.05, 4.69) is 16.5 Å². The highest BCUT2D eigenvalue weighted by Gasteiger charge is 2.24. The summed E-state index contributed by atoms with van der Waals surface area (Å²) >= 11 is 0. The number of morpholine rings is 1. The summed E-state index contributed by atoms with van der Waals surface area (Å²) in [5, 5.41) is 0. The first-order chi connectivity index (χ1) is 15.5. The summed E-state index contributed by atoms with van der Waals surface area (Å²) in [4.78, 5) is 17.8. The molecular formula is C24H39N3O4S. The normalized spacial score (nSPS) is 18.2. The fourth-order valence-corrected chi connectivity index (χ4v) is 5.79. The van der Waals surface area contributed by atoms with E-state index >= 15 is 0 Å². The summed E-state index contributed by atoms with van der Waals surface area (Å²) in [6, 6.07) is 6.52. The van der Waals surface area contributed by atoms with Gasteiger partial charge < -0.3 is 9.64 Å². The van der Waals surface area contributed by atoms with Crippen LogP contribution in [0.1, 0.15) is 68.6 Å². The molecule has 2 aliphatic rings. The van der Waals surface area contributed by atoms with Gasteiger partial charge in [-0.3, -0.25) is 9.69 Å². The highest BCUT2D eigenvalue weighted by Crippen LogP contribution is 2.21. The van der Waals surface area contributed by atoms with Crippen LogP contribution in [0.2, 0.25) is 0 Å². The molecule has 7 nitrogen and oxygen atoms in total. The lowest BCUT2D eigenvalue weighted by Crippen LogP contribution is -2.43. The van der Waals surface area contributed by atoms with Crippen LogP contribution in [0.3, 0.4) is 0 Å². The number of carbonyl (C=O) groups excluding carboxylic acids is 1. The highest BCUT2D eigenvalue weighted by molar-refractivity contribution is 7.89. The van der Waals surface area contributed by atoms with Gasteiger partial charge in [-0.05, 0) is 37.5 Å². The Labute approximate surface area is 193 Å². The maximum atomic E-state index is 13.4. The lowest BCUT2D eigenvalue weighted by Gasteiger charge is -2.30. The average Bonchev–Trinajstić information content (AvgIpc) is 3.31. The Morgan fingerprint density at radius 2 is 1.88 bits per heavy atom. The second kappa shape index (κ2) is 12.7. The Hall–Kier alpha value is -1.48. The van der Waals surface area contributed by atoms with Crippen LogP contribution in [-0.4, -0.2) is 76.1 Å². The molecule has 1 aliphatic heterocycles. The molecule has 1 aromatic carbocycles. The minimum Gasteiger partial charge on any atom is -0.379 e. The molecule has 2 fully saturated rings. The van der Waals surface area contributed by atoms with E-state index < -0.39 is 10.0 Å². The number of sulfonamides is 1. The van der Waals surface area contributed by atoms with Crippen LogP contribution in [0.15, 0.2) is 29.2 Å². The molecule has 1 heterocycles. The summed E-state index contributed by atoms with van der Waals surface area (Å²) in [7, 11) is -3.62. The molecule has 1 amide bonds. The van der Waals surface area contributed by atoms with E-state index in [4.69, 9.17) is 4.74 Å². The first-order valence-electron chi connectivity index (χ1n) is 12.2. The third-order valence-corrected chi connectivity index (χ3v) is 7.95. The van der Waals surface area contributed by atoms with Crippen molar-refractivity contribution in [2.24, 2.45) is 0 Å². The molecule has 32 heavy (non-hydrogen) atoms. The minimum atomic E-state index is -3.62. The summed E-state index contributed by atoms with van der Waals surface area (Å²) in [6.45, 7) is 7.56. The van der Waals surface area contributed by atoms with E-state index in [0.29, 0.717) is 18.7 Å². The minimum absolute atomic E-state index is 0.00273. The van der Waals surface area contributed by atoms with E-state index in [1.54, 1.807) is 18.2 Å². The molecule has 1 saturated carbocycles. The van der Waals surface area contributed by atoms with Crippen LogP contribution in [-0.2, 0) is 14.8 Å². The van der Waals surface area contributed by atoms with Gasteiger partial charge in [-0.25, -0.2) is 13.1 Å². The van der Waals surface area contributed by atoms with Crippen molar-refractivity contribution in [1.82, 2.24) is 14.5 Å². The van der Waals surface area contributed by atoms with Gasteiger partial charge in [-0.2, -0.15) is 0 Å². The number of hydrogen-bond acceptors (Lipinski definition) is 5. The monoisotopic (exact) mass is 465 g/mol. The fourth-order valence-electron chi connectivity index (χ4n) is 4.44. The van der Waals surface area contributed by atoms with E-state index in [0.717, 1.165) is 84.2 Å². The van der Waals surface area contributed by atoms with Crippen molar-refractivity contribution >= 4 is 15.9 Å². The summed E-state index contributed by atoms with van der Waals surface area (Å²) in [5.74, 6) is -0.0901. The molecule has 0 atom stereocenters. The third kappa shape index (κ3) is 7.54. The molecular weight excluding hydrogens is 426 g/mol. The van der Waals surface area contributed by atoms with Crippen molar-refractivity contribution < 1.29 is 17.9 Å². The lowest BCUT2D eigenvalue weighted by molar-refractivity contribution is 0.0324. The molecule has 0 unspecified atom stereocenters. The molecule has 1 saturated heterocycles. The van der Waals surface area contributed by atoms with E-state index in [-0.39, 0.29) is 16.8 Å². The van der Waals surface area contributed by atoms with Crippen molar-refractivity contribution in [2.75, 3.05) is 45.9 Å². The van der Waals surface area contributed by atoms with Gasteiger partial charge in [0.05, 0.1) is 18.1 Å². The molecule has 180 valence electrons. The Morgan fingerprint density at radius 1 is 1.12 bits per heavy atom. The number of hydrogen-bond donors (Lipinski definition) is 1. The molecule has 1 aromatic rings. The van der Waals surface area contributed by atoms with Crippen molar-refractivity contribution in [3.05, 3.63) is 29.8 Å². The topological polar surface area (TPSA) is 79.0 Å². The van der Waals surface area contributed by atoms with Gasteiger partial charge in [0.15, 0.2) is 0 Å². The van der Waals surface area contributed by atoms with Crippen LogP contribution < -0.4 is 4.72 Å². The Morgan fingerprint density at radius 3 is 2.59 bits per heavy atom. The molecule has 0 spiro atoms. The largest absolute Gasteiger partial charge is 0.379 e. The van der Waals surface area contributed by atoms with Gasteiger partial charge in [0.25, 0.3) is 5.91 Å². The smallest absolute Gasteiger partial charge is 0.253 e. The number of amides is 1. The predicted octanol–water partition coefficient (Wildman–Crippen LogP) is 3.26. The SMILES string of the molecule is CCCCCCN(CCN1CCOCC1)C(=O)c1cccc(S(=O)(=O)NC2CCCC2)c1. The second-order valence-corrected chi connectivity index (χ2v) is 10.7. The standard InChI is InChI=1S/C24H39N3O4S/c1-2-3-4-7-13-27(15-14-26-16-18-31-19-17-26)24(28)21-9-8-12-23(20-21)32(29,30)25-22-10-5-6-11-22/h8-9,12,20,22,25H,2-7,10-11,13-19H2,1H3. The number of benzene rings is 1. The van der Waals surface area contributed by atoms with E-state index in [1.807, 2.05) is 4.90 Å². The maximum absolute atomic E-state index is 13.4. The van der Waals surface area contributed by atoms with Crippen molar-refractivity contribution in [3.63, 3.8) is 0 Å². The van der Waals surface area contributed by atoms with Gasteiger partial charge in [-0.1, -0.05) is 45.1 Å². The maximum Gasteiger partial charge on any atom is 0.253 e. The molecule has 0 radical (unpaired) electrons. The molecule has 0 aromatic heterocycles. The number of unbranched alkanes of at least 4 members (excludes halogenated alkanes) is 3. The van der Waals surface area contributed by atoms with Crippen LogP contribution in [0.5, 0.6) is 0 Å². The Balaban J connectivity index is 1.68. The van der Waals surface area contributed by atoms with Gasteiger partial charge in [0.2, 0.25) is 10.0 Å². The third-order valence-electron chi connectivity index (χ3n) is 6.43. The van der Waals surface area contributed by atoms with Crippen LogP contribution in [0.4, 0.5) is 0 Å². The zero-order chi connectivity index (χ0) is 22.8. The number of carbonyl (C=O) groups is 1. The zero-order valence-corrected chi connectivity index (χ0v) is 20.2. The average molecular weight is 466 g/mol. The predicted molar refractivity (Wildman–Crippen MR) is 126 cm³/mol. The zero-order valence-electron chi connectivity index (χ0n) is 19.4. The lowest BCUT2D eigenvalue weighted by atomic mass is 10.1. The van der Waals surface area contributed by atoms with E-state index in [9.17, 15) is 13.2 Å². The Bertz CT molecular complexity index is 818. The van der Waals surface area contributed by atoms with Crippen molar-refractivity contribution in [3.8, 4) is 0 Å². The van der Waals surface area contributed by atoms with Crippen LogP contribution >= 0.6 is 0 Å². The number of nitrogens with one attached hydrogen (secondary N) is 1. The van der Waals surface area contributed by atoms with Gasteiger partial charge in [0, 0.05) is 44.3 Å². The van der Waals surface area contributed by atoms with Gasteiger partial charge in [0.1, 0.15) is 0 Å². The first-order valence-corrected chi connectivity index (χ1v) is 13.7. The highest BCUT2D eigenvalue weighted by atomic mass is 32.2. The molecule has 1 aliphatic carbocycles. The van der Waals surface area contributed by atoms with Crippen molar-refractivity contribution in [1.29, 1.82) is 0 Å². The summed E-state index contributed by atoms with van der Waals surface area (Å²) in [6.07, 6.45) is 8.24. The quantitative estimate of drug-likeness (QED) is 0.480. The second-order valence-electron chi connectivity index (χ2n) is 8.94. The molecule has 8 heteroatoms. The first kappa shape index (κ1) is 25.1. The number of nitrogens with zero attached hydrogens (tertiary/aromatic N) is 2.